The van der Waals surface area contributed by atoms with E-state index in [1.165, 1.54) is 4.90 Å². The number of anilines is 2. The van der Waals surface area contributed by atoms with Crippen molar-refractivity contribution in [3.8, 4) is 5.75 Å². The maximum Gasteiger partial charge on any atom is 0.255 e. The van der Waals surface area contributed by atoms with Gasteiger partial charge in [0, 0.05) is 5.56 Å². The summed E-state index contributed by atoms with van der Waals surface area (Å²) in [5.74, 6) is 1.22. The van der Waals surface area contributed by atoms with Crippen molar-refractivity contribution in [3.05, 3.63) is 66.2 Å². The van der Waals surface area contributed by atoms with Gasteiger partial charge < -0.3 is 10.1 Å². The first-order chi connectivity index (χ1) is 15.1. The van der Waals surface area contributed by atoms with E-state index in [2.05, 4.69) is 17.5 Å². The summed E-state index contributed by atoms with van der Waals surface area (Å²) in [6.45, 7) is 0. The van der Waals surface area contributed by atoms with Crippen molar-refractivity contribution >= 4 is 29.1 Å². The van der Waals surface area contributed by atoms with E-state index >= 15 is 0 Å². The second-order valence-electron chi connectivity index (χ2n) is 8.87. The number of hydrogen-bond donors (Lipinski definition) is 1. The third kappa shape index (κ3) is 2.60. The first-order valence-electron chi connectivity index (χ1n) is 10.7. The highest BCUT2D eigenvalue weighted by Crippen LogP contribution is 2.65. The van der Waals surface area contributed by atoms with Crippen molar-refractivity contribution in [2.75, 3.05) is 17.3 Å². The molecule has 5 aliphatic rings. The molecular weight excluding hydrogens is 392 g/mol. The van der Waals surface area contributed by atoms with Crippen molar-refractivity contribution in [3.63, 3.8) is 0 Å². The Bertz CT molecular complexity index is 1100. The molecule has 1 saturated heterocycles. The molecule has 3 amide bonds. The van der Waals surface area contributed by atoms with Crippen LogP contribution in [0.3, 0.4) is 0 Å². The van der Waals surface area contributed by atoms with Gasteiger partial charge >= 0.3 is 0 Å². The molecule has 6 heteroatoms. The van der Waals surface area contributed by atoms with Gasteiger partial charge in [0.15, 0.2) is 0 Å². The molecule has 0 radical (unpaired) electrons. The van der Waals surface area contributed by atoms with Crippen LogP contribution in [0.2, 0.25) is 0 Å². The maximum absolute atomic E-state index is 13.2. The van der Waals surface area contributed by atoms with E-state index < -0.39 is 0 Å². The monoisotopic (exact) mass is 414 g/mol. The molecule has 6 nitrogen and oxygen atoms in total. The van der Waals surface area contributed by atoms with E-state index in [9.17, 15) is 14.4 Å². The molecule has 31 heavy (non-hydrogen) atoms. The summed E-state index contributed by atoms with van der Waals surface area (Å²) >= 11 is 0. The van der Waals surface area contributed by atoms with Crippen LogP contribution >= 0.6 is 0 Å². The molecule has 1 N–H and O–H groups in total. The SMILES string of the molecule is COc1ccccc1NC(=O)c1ccc(N2C(=O)C3C4C=CC(C5CC45)C3C2=O)cc1. The third-order valence-electron chi connectivity index (χ3n) is 7.41. The summed E-state index contributed by atoms with van der Waals surface area (Å²) < 4.78 is 5.27. The third-order valence-corrected chi connectivity index (χ3v) is 7.41. The van der Waals surface area contributed by atoms with Crippen molar-refractivity contribution in [1.29, 1.82) is 0 Å². The zero-order valence-electron chi connectivity index (χ0n) is 17.0. The van der Waals surface area contributed by atoms with Crippen LogP contribution in [0.4, 0.5) is 11.4 Å². The molecule has 6 unspecified atom stereocenters. The number of rotatable bonds is 4. The van der Waals surface area contributed by atoms with Gasteiger partial charge in [-0.3, -0.25) is 19.3 Å². The zero-order valence-corrected chi connectivity index (χ0v) is 17.0. The summed E-state index contributed by atoms with van der Waals surface area (Å²) in [7, 11) is 1.55. The number of allylic oxidation sites excluding steroid dienone is 2. The lowest BCUT2D eigenvalue weighted by Crippen LogP contribution is -2.40. The van der Waals surface area contributed by atoms with Gasteiger partial charge in [0.1, 0.15) is 5.75 Å². The van der Waals surface area contributed by atoms with Crippen LogP contribution in [-0.4, -0.2) is 24.8 Å². The largest absolute Gasteiger partial charge is 0.495 e. The van der Waals surface area contributed by atoms with Gasteiger partial charge in [0.05, 0.1) is 30.3 Å². The summed E-state index contributed by atoms with van der Waals surface area (Å²) in [4.78, 5) is 40.4. The molecule has 2 aromatic rings. The normalized spacial score (nSPS) is 32.0. The number of carbonyl (C=O) groups is 3. The Morgan fingerprint density at radius 2 is 1.55 bits per heavy atom. The quantitative estimate of drug-likeness (QED) is 0.614. The van der Waals surface area contributed by atoms with E-state index in [1.54, 1.807) is 43.5 Å². The second kappa shape index (κ2) is 6.54. The van der Waals surface area contributed by atoms with Crippen molar-refractivity contribution in [1.82, 2.24) is 0 Å². The minimum atomic E-state index is -0.286. The maximum atomic E-state index is 13.2. The van der Waals surface area contributed by atoms with E-state index in [-0.39, 0.29) is 41.4 Å². The predicted octanol–water partition coefficient (Wildman–Crippen LogP) is 3.51. The van der Waals surface area contributed by atoms with Crippen LogP contribution in [-0.2, 0) is 9.59 Å². The van der Waals surface area contributed by atoms with Crippen LogP contribution in [0, 0.1) is 35.5 Å². The molecule has 3 fully saturated rings. The Hall–Kier alpha value is -3.41. The van der Waals surface area contributed by atoms with Crippen LogP contribution < -0.4 is 15.0 Å². The van der Waals surface area contributed by atoms with Gasteiger partial charge in [-0.25, -0.2) is 0 Å². The molecule has 6 atom stereocenters. The van der Waals surface area contributed by atoms with E-state index in [0.717, 1.165) is 6.42 Å². The van der Waals surface area contributed by atoms with Crippen molar-refractivity contribution in [2.45, 2.75) is 6.42 Å². The number of para-hydroxylation sites is 2. The highest BCUT2D eigenvalue weighted by atomic mass is 16.5. The number of methoxy groups -OCH3 is 1. The molecule has 0 spiro atoms. The first-order valence-corrected chi connectivity index (χ1v) is 10.7. The Morgan fingerprint density at radius 3 is 2.16 bits per heavy atom. The lowest BCUT2D eigenvalue weighted by Gasteiger charge is -2.37. The topological polar surface area (TPSA) is 75.7 Å². The average Bonchev–Trinajstić information content (AvgIpc) is 3.58. The molecule has 2 aromatic carbocycles. The summed E-state index contributed by atoms with van der Waals surface area (Å²) in [6, 6.07) is 13.8. The number of nitrogens with one attached hydrogen (secondary N) is 1. The van der Waals surface area contributed by atoms with E-state index in [0.29, 0.717) is 34.5 Å². The molecule has 7 rings (SSSR count). The van der Waals surface area contributed by atoms with Crippen LogP contribution in [0.15, 0.2) is 60.7 Å². The fourth-order valence-corrected chi connectivity index (χ4v) is 5.92. The number of ether oxygens (including phenoxy) is 1. The fourth-order valence-electron chi connectivity index (χ4n) is 5.92. The highest BCUT2D eigenvalue weighted by molar-refractivity contribution is 6.22. The van der Waals surface area contributed by atoms with Gasteiger partial charge in [0.25, 0.3) is 5.91 Å². The smallest absolute Gasteiger partial charge is 0.255 e. The predicted molar refractivity (Wildman–Crippen MR) is 115 cm³/mol. The number of hydrogen-bond acceptors (Lipinski definition) is 4. The summed E-state index contributed by atoms with van der Waals surface area (Å²) in [6.07, 6.45) is 5.48. The van der Waals surface area contributed by atoms with Gasteiger partial charge in [-0.1, -0.05) is 24.3 Å². The number of benzene rings is 2. The molecular formula is C25H22N2O4. The van der Waals surface area contributed by atoms with Gasteiger partial charge in [-0.05, 0) is 66.5 Å². The number of carbonyl (C=O) groups excluding carboxylic acids is 3. The van der Waals surface area contributed by atoms with Crippen molar-refractivity contribution < 1.29 is 19.1 Å². The van der Waals surface area contributed by atoms with Crippen LogP contribution in [0.25, 0.3) is 0 Å². The zero-order chi connectivity index (χ0) is 21.3. The number of nitrogens with zero attached hydrogens (tertiary/aromatic N) is 1. The molecule has 2 saturated carbocycles. The first kappa shape index (κ1) is 18.4. The lowest BCUT2D eigenvalue weighted by molar-refractivity contribution is -0.124. The Kier molecular flexibility index (Phi) is 3.88. The standard InChI is InChI=1S/C25H22N2O4/c1-31-20-5-3-2-4-19(20)26-23(28)13-6-8-14(9-7-13)27-24(29)21-15-10-11-16(18-12-17(15)18)22(21)25(27)30/h2-11,15-18,21-22H,12H2,1H3,(H,26,28). The highest BCUT2D eigenvalue weighted by Gasteiger charge is 2.67. The van der Waals surface area contributed by atoms with E-state index in [4.69, 9.17) is 4.74 Å². The summed E-state index contributed by atoms with van der Waals surface area (Å²) in [5.41, 5.74) is 1.55. The molecule has 1 aliphatic heterocycles. The second-order valence-corrected chi connectivity index (χ2v) is 8.87. The molecule has 4 aliphatic carbocycles. The van der Waals surface area contributed by atoms with E-state index in [1.807, 2.05) is 12.1 Å². The molecule has 156 valence electrons. The Labute approximate surface area is 179 Å². The Balaban J connectivity index is 1.23. The minimum Gasteiger partial charge on any atom is -0.495 e. The molecule has 2 bridgehead atoms. The molecule has 1 heterocycles. The van der Waals surface area contributed by atoms with Gasteiger partial charge in [-0.15, -0.1) is 0 Å². The van der Waals surface area contributed by atoms with Gasteiger partial charge in [-0.2, -0.15) is 0 Å². The lowest BCUT2D eigenvalue weighted by atomic mass is 9.63. The van der Waals surface area contributed by atoms with Crippen LogP contribution in [0.5, 0.6) is 5.75 Å². The Morgan fingerprint density at radius 1 is 0.935 bits per heavy atom. The molecule has 0 aromatic heterocycles. The average molecular weight is 414 g/mol. The van der Waals surface area contributed by atoms with Crippen LogP contribution in [0.1, 0.15) is 16.8 Å². The fraction of sp³-hybridized carbons (Fsp3) is 0.320. The number of imide groups is 1. The minimum absolute atomic E-state index is 0.0917. The van der Waals surface area contributed by atoms with Gasteiger partial charge in [0.2, 0.25) is 11.8 Å². The summed E-state index contributed by atoms with van der Waals surface area (Å²) in [5, 5.41) is 2.83. The van der Waals surface area contributed by atoms with Crippen molar-refractivity contribution in [2.24, 2.45) is 35.5 Å². The number of amides is 3.